The number of anilines is 1. The molecule has 0 bridgehead atoms. The van der Waals surface area contributed by atoms with Crippen molar-refractivity contribution in [3.63, 3.8) is 0 Å². The number of rotatable bonds is 3. The molecule has 106 valence electrons. The molecule has 0 aliphatic carbocycles. The maximum atomic E-state index is 12.0. The number of urea groups is 1. The van der Waals surface area contributed by atoms with Gasteiger partial charge in [0, 0.05) is 5.69 Å². The van der Waals surface area contributed by atoms with Gasteiger partial charge in [0.25, 0.3) is 0 Å². The van der Waals surface area contributed by atoms with E-state index in [1.807, 2.05) is 52.0 Å². The zero-order valence-corrected chi connectivity index (χ0v) is 12.3. The van der Waals surface area contributed by atoms with Gasteiger partial charge in [0.15, 0.2) is 0 Å². The molecule has 2 N–H and O–H groups in total. The van der Waals surface area contributed by atoms with Crippen molar-refractivity contribution < 1.29 is 9.21 Å². The van der Waals surface area contributed by atoms with Gasteiger partial charge in [-0.05, 0) is 63.1 Å². The smallest absolute Gasteiger partial charge is 0.319 e. The molecule has 0 spiro atoms. The molecule has 1 atom stereocenters. The average molecular weight is 272 g/mol. The Kier molecular flexibility index (Phi) is 4.13. The lowest BCUT2D eigenvalue weighted by Crippen LogP contribution is -2.31. The number of aryl methyl sites for hydroxylation is 3. The van der Waals surface area contributed by atoms with Crippen LogP contribution in [0.25, 0.3) is 0 Å². The minimum atomic E-state index is -0.239. The van der Waals surface area contributed by atoms with E-state index in [2.05, 4.69) is 16.7 Å². The molecule has 0 radical (unpaired) electrons. The van der Waals surface area contributed by atoms with E-state index in [1.54, 1.807) is 0 Å². The molecule has 1 heterocycles. The lowest BCUT2D eigenvalue weighted by Gasteiger charge is -2.13. The van der Waals surface area contributed by atoms with Crippen molar-refractivity contribution in [2.75, 3.05) is 5.32 Å². The fourth-order valence-electron chi connectivity index (χ4n) is 2.17. The van der Waals surface area contributed by atoms with E-state index >= 15 is 0 Å². The van der Waals surface area contributed by atoms with Crippen LogP contribution in [0.2, 0.25) is 0 Å². The third kappa shape index (κ3) is 3.63. The Hall–Kier alpha value is -2.23. The van der Waals surface area contributed by atoms with Crippen LogP contribution in [0.5, 0.6) is 0 Å². The van der Waals surface area contributed by atoms with Crippen LogP contribution in [-0.4, -0.2) is 6.03 Å². The summed E-state index contributed by atoms with van der Waals surface area (Å²) in [6.45, 7) is 7.78. The molecule has 2 aromatic rings. The minimum Gasteiger partial charge on any atom is -0.464 e. The standard InChI is InChI=1S/C16H20N2O2/c1-10-7-11(2)9-14(8-10)18-16(19)17-13(4)15-6-5-12(3)20-15/h5-9,13H,1-4H3,(H2,17,18,19)/t13-/m1/s1. The first-order valence-electron chi connectivity index (χ1n) is 6.66. The fourth-order valence-corrected chi connectivity index (χ4v) is 2.17. The summed E-state index contributed by atoms with van der Waals surface area (Å²) < 4.78 is 5.49. The van der Waals surface area contributed by atoms with Gasteiger partial charge in [-0.1, -0.05) is 6.07 Å². The van der Waals surface area contributed by atoms with E-state index in [1.165, 1.54) is 0 Å². The molecule has 2 rings (SSSR count). The monoisotopic (exact) mass is 272 g/mol. The number of amides is 2. The topological polar surface area (TPSA) is 54.3 Å². The molecule has 1 aromatic carbocycles. The third-order valence-corrected chi connectivity index (χ3v) is 3.02. The van der Waals surface area contributed by atoms with Crippen LogP contribution in [0, 0.1) is 20.8 Å². The molecule has 0 aliphatic rings. The van der Waals surface area contributed by atoms with Gasteiger partial charge < -0.3 is 15.1 Å². The maximum Gasteiger partial charge on any atom is 0.319 e. The number of benzene rings is 1. The van der Waals surface area contributed by atoms with Crippen LogP contribution in [0.4, 0.5) is 10.5 Å². The summed E-state index contributed by atoms with van der Waals surface area (Å²) in [5, 5.41) is 5.69. The Bertz CT molecular complexity index is 596. The minimum absolute atomic E-state index is 0.172. The molecule has 0 saturated carbocycles. The van der Waals surface area contributed by atoms with Crippen LogP contribution in [0.3, 0.4) is 0 Å². The molecule has 4 nitrogen and oxygen atoms in total. The van der Waals surface area contributed by atoms with Gasteiger partial charge in [0.1, 0.15) is 11.5 Å². The summed E-state index contributed by atoms with van der Waals surface area (Å²) in [4.78, 5) is 12.0. The van der Waals surface area contributed by atoms with Gasteiger partial charge in [0.2, 0.25) is 0 Å². The Balaban J connectivity index is 1.98. The molecule has 20 heavy (non-hydrogen) atoms. The molecule has 0 unspecified atom stereocenters. The van der Waals surface area contributed by atoms with Crippen LogP contribution in [-0.2, 0) is 0 Å². The molecule has 2 amide bonds. The molecular formula is C16H20N2O2. The van der Waals surface area contributed by atoms with Crippen molar-refractivity contribution in [3.05, 3.63) is 53.0 Å². The van der Waals surface area contributed by atoms with E-state index in [-0.39, 0.29) is 12.1 Å². The van der Waals surface area contributed by atoms with Crippen LogP contribution < -0.4 is 10.6 Å². The van der Waals surface area contributed by atoms with E-state index in [0.717, 1.165) is 28.3 Å². The quantitative estimate of drug-likeness (QED) is 0.884. The van der Waals surface area contributed by atoms with Crippen molar-refractivity contribution in [1.29, 1.82) is 0 Å². The Morgan fingerprint density at radius 1 is 1.10 bits per heavy atom. The van der Waals surface area contributed by atoms with Crippen molar-refractivity contribution in [2.24, 2.45) is 0 Å². The summed E-state index contributed by atoms with van der Waals surface area (Å²) in [7, 11) is 0. The van der Waals surface area contributed by atoms with Gasteiger partial charge in [-0.25, -0.2) is 4.79 Å². The highest BCUT2D eigenvalue weighted by atomic mass is 16.3. The van der Waals surface area contributed by atoms with E-state index < -0.39 is 0 Å². The number of hydrogen-bond acceptors (Lipinski definition) is 2. The third-order valence-electron chi connectivity index (χ3n) is 3.02. The number of nitrogens with one attached hydrogen (secondary N) is 2. The highest BCUT2D eigenvalue weighted by Gasteiger charge is 2.12. The lowest BCUT2D eigenvalue weighted by atomic mass is 10.1. The van der Waals surface area contributed by atoms with Gasteiger partial charge in [-0.2, -0.15) is 0 Å². The summed E-state index contributed by atoms with van der Waals surface area (Å²) >= 11 is 0. The molecular weight excluding hydrogens is 252 g/mol. The predicted octanol–water partition coefficient (Wildman–Crippen LogP) is 4.09. The first-order valence-corrected chi connectivity index (χ1v) is 6.66. The Morgan fingerprint density at radius 2 is 1.75 bits per heavy atom. The van der Waals surface area contributed by atoms with Crippen LogP contribution >= 0.6 is 0 Å². The second-order valence-electron chi connectivity index (χ2n) is 5.14. The Morgan fingerprint density at radius 3 is 2.30 bits per heavy atom. The summed E-state index contributed by atoms with van der Waals surface area (Å²) in [5.41, 5.74) is 3.04. The average Bonchev–Trinajstić information content (AvgIpc) is 2.74. The highest BCUT2D eigenvalue weighted by molar-refractivity contribution is 5.89. The molecule has 0 aliphatic heterocycles. The number of furan rings is 1. The second kappa shape index (κ2) is 5.82. The molecule has 0 fully saturated rings. The SMILES string of the molecule is Cc1cc(C)cc(NC(=O)N[C@H](C)c2ccc(C)o2)c1. The van der Waals surface area contributed by atoms with Crippen LogP contribution in [0.15, 0.2) is 34.7 Å². The number of hydrogen-bond donors (Lipinski definition) is 2. The summed E-state index contributed by atoms with van der Waals surface area (Å²) in [5.74, 6) is 1.58. The highest BCUT2D eigenvalue weighted by Crippen LogP contribution is 2.17. The second-order valence-corrected chi connectivity index (χ2v) is 5.14. The van der Waals surface area contributed by atoms with Crippen LogP contribution in [0.1, 0.15) is 35.6 Å². The van der Waals surface area contributed by atoms with Gasteiger partial charge in [0.05, 0.1) is 6.04 Å². The maximum absolute atomic E-state index is 12.0. The van der Waals surface area contributed by atoms with Crippen molar-refractivity contribution in [3.8, 4) is 0 Å². The number of carbonyl (C=O) groups excluding carboxylic acids is 1. The normalized spacial score (nSPS) is 12.0. The summed E-state index contributed by atoms with van der Waals surface area (Å²) in [6, 6.07) is 9.29. The first-order chi connectivity index (χ1) is 9.44. The Labute approximate surface area is 119 Å². The van der Waals surface area contributed by atoms with Gasteiger partial charge in [-0.15, -0.1) is 0 Å². The van der Waals surface area contributed by atoms with Crippen molar-refractivity contribution >= 4 is 11.7 Å². The number of carbonyl (C=O) groups is 1. The summed E-state index contributed by atoms with van der Waals surface area (Å²) in [6.07, 6.45) is 0. The van der Waals surface area contributed by atoms with Gasteiger partial charge in [-0.3, -0.25) is 0 Å². The molecule has 0 saturated heterocycles. The lowest BCUT2D eigenvalue weighted by molar-refractivity contribution is 0.247. The van der Waals surface area contributed by atoms with E-state index in [9.17, 15) is 4.79 Å². The zero-order chi connectivity index (χ0) is 14.7. The zero-order valence-electron chi connectivity index (χ0n) is 12.3. The molecule has 4 heteroatoms. The first kappa shape index (κ1) is 14.2. The van der Waals surface area contributed by atoms with E-state index in [0.29, 0.717) is 0 Å². The van der Waals surface area contributed by atoms with E-state index in [4.69, 9.17) is 4.42 Å². The van der Waals surface area contributed by atoms with Crippen molar-refractivity contribution in [2.45, 2.75) is 33.7 Å². The predicted molar refractivity (Wildman–Crippen MR) is 79.9 cm³/mol. The fraction of sp³-hybridized carbons (Fsp3) is 0.312. The largest absolute Gasteiger partial charge is 0.464 e. The van der Waals surface area contributed by atoms with Gasteiger partial charge >= 0.3 is 6.03 Å². The van der Waals surface area contributed by atoms with Crippen molar-refractivity contribution in [1.82, 2.24) is 5.32 Å². The molecule has 1 aromatic heterocycles.